The van der Waals surface area contributed by atoms with Gasteiger partial charge in [0.25, 0.3) is 0 Å². The maximum atomic E-state index is 12.3. The Morgan fingerprint density at radius 3 is 2.89 bits per heavy atom. The summed E-state index contributed by atoms with van der Waals surface area (Å²) in [5, 5.41) is 0. The molecular weight excluding hydrogens is 252 g/mol. The summed E-state index contributed by atoms with van der Waals surface area (Å²) in [6.45, 7) is 2.84. The van der Waals surface area contributed by atoms with Crippen LogP contribution in [0.4, 0.5) is 5.69 Å². The molecule has 1 aromatic rings. The van der Waals surface area contributed by atoms with E-state index >= 15 is 0 Å². The number of hydrogen-bond acceptors (Lipinski definition) is 4. The van der Waals surface area contributed by atoms with Crippen LogP contribution in [0.15, 0.2) is 23.1 Å². The SMILES string of the molecule is Cc1c(N)cccc1S(=O)(=O)NC1CCCOC1. The van der Waals surface area contributed by atoms with Crippen molar-refractivity contribution in [3.63, 3.8) is 0 Å². The van der Waals surface area contributed by atoms with E-state index in [-0.39, 0.29) is 10.9 Å². The molecule has 3 N–H and O–H groups in total. The zero-order valence-electron chi connectivity index (χ0n) is 10.3. The van der Waals surface area contributed by atoms with Gasteiger partial charge in [-0.3, -0.25) is 0 Å². The molecule has 1 heterocycles. The fourth-order valence-electron chi connectivity index (χ4n) is 2.04. The third-order valence-corrected chi connectivity index (χ3v) is 4.76. The number of nitrogens with two attached hydrogens (primary N) is 1. The van der Waals surface area contributed by atoms with Gasteiger partial charge >= 0.3 is 0 Å². The van der Waals surface area contributed by atoms with Crippen molar-refractivity contribution in [3.8, 4) is 0 Å². The number of nitrogen functional groups attached to an aromatic ring is 1. The third kappa shape index (κ3) is 2.82. The van der Waals surface area contributed by atoms with Crippen molar-refractivity contribution < 1.29 is 13.2 Å². The predicted molar refractivity (Wildman–Crippen MR) is 69.8 cm³/mol. The molecule has 0 aromatic heterocycles. The first-order valence-electron chi connectivity index (χ1n) is 5.96. The van der Waals surface area contributed by atoms with E-state index in [4.69, 9.17) is 10.5 Å². The molecule has 0 radical (unpaired) electrons. The van der Waals surface area contributed by atoms with Crippen molar-refractivity contribution in [2.45, 2.75) is 30.7 Å². The van der Waals surface area contributed by atoms with E-state index in [1.54, 1.807) is 25.1 Å². The molecule has 2 rings (SSSR count). The lowest BCUT2D eigenvalue weighted by atomic mass is 10.1. The molecule has 0 bridgehead atoms. The summed E-state index contributed by atoms with van der Waals surface area (Å²) in [6, 6.07) is 4.76. The van der Waals surface area contributed by atoms with Crippen LogP contribution in [0.2, 0.25) is 0 Å². The zero-order chi connectivity index (χ0) is 13.2. The van der Waals surface area contributed by atoms with Crippen molar-refractivity contribution in [2.24, 2.45) is 0 Å². The standard InChI is InChI=1S/C12H18N2O3S/c1-9-11(13)5-2-6-12(9)18(15,16)14-10-4-3-7-17-8-10/h2,5-6,10,14H,3-4,7-8,13H2,1H3. The van der Waals surface area contributed by atoms with Gasteiger partial charge in [0, 0.05) is 18.3 Å². The Morgan fingerprint density at radius 2 is 2.22 bits per heavy atom. The van der Waals surface area contributed by atoms with Crippen LogP contribution >= 0.6 is 0 Å². The van der Waals surface area contributed by atoms with Crippen LogP contribution in [0.1, 0.15) is 18.4 Å². The lowest BCUT2D eigenvalue weighted by Gasteiger charge is -2.23. The first-order valence-corrected chi connectivity index (χ1v) is 7.44. The van der Waals surface area contributed by atoms with Gasteiger partial charge in [0.1, 0.15) is 0 Å². The second-order valence-corrected chi connectivity index (χ2v) is 6.19. The summed E-state index contributed by atoms with van der Waals surface area (Å²) in [5.41, 5.74) is 6.80. The van der Waals surface area contributed by atoms with Crippen molar-refractivity contribution in [1.29, 1.82) is 0 Å². The maximum absolute atomic E-state index is 12.3. The highest BCUT2D eigenvalue weighted by Crippen LogP contribution is 2.21. The molecule has 1 aliphatic rings. The molecule has 1 aliphatic heterocycles. The maximum Gasteiger partial charge on any atom is 0.241 e. The van der Waals surface area contributed by atoms with Crippen LogP contribution in [-0.2, 0) is 14.8 Å². The summed E-state index contributed by atoms with van der Waals surface area (Å²) < 4.78 is 32.4. The van der Waals surface area contributed by atoms with Crippen molar-refractivity contribution >= 4 is 15.7 Å². The Bertz CT molecular complexity index is 522. The minimum absolute atomic E-state index is 0.149. The monoisotopic (exact) mass is 270 g/mol. The Kier molecular flexibility index (Phi) is 3.89. The molecule has 0 spiro atoms. The van der Waals surface area contributed by atoms with Crippen LogP contribution in [0.5, 0.6) is 0 Å². The Balaban J connectivity index is 2.22. The molecule has 0 saturated carbocycles. The van der Waals surface area contributed by atoms with E-state index in [1.807, 2.05) is 0 Å². The number of hydrogen-bond donors (Lipinski definition) is 2. The summed E-state index contributed by atoms with van der Waals surface area (Å²) in [4.78, 5) is 0.244. The molecule has 6 heteroatoms. The van der Waals surface area contributed by atoms with Crippen LogP contribution in [0.25, 0.3) is 0 Å². The number of nitrogens with one attached hydrogen (secondary N) is 1. The minimum Gasteiger partial charge on any atom is -0.398 e. The lowest BCUT2D eigenvalue weighted by Crippen LogP contribution is -2.40. The molecule has 1 unspecified atom stereocenters. The van der Waals surface area contributed by atoms with E-state index in [0.29, 0.717) is 24.5 Å². The quantitative estimate of drug-likeness (QED) is 0.804. The van der Waals surface area contributed by atoms with E-state index in [0.717, 1.165) is 12.8 Å². The number of sulfonamides is 1. The van der Waals surface area contributed by atoms with Gasteiger partial charge in [0.2, 0.25) is 10.0 Å². The average molecular weight is 270 g/mol. The Hall–Kier alpha value is -1.11. The second-order valence-electron chi connectivity index (χ2n) is 4.51. The first kappa shape index (κ1) is 13.3. The predicted octanol–water partition coefficient (Wildman–Crippen LogP) is 1.03. The highest BCUT2D eigenvalue weighted by atomic mass is 32.2. The van der Waals surface area contributed by atoms with E-state index in [1.165, 1.54) is 0 Å². The van der Waals surface area contributed by atoms with Gasteiger partial charge < -0.3 is 10.5 Å². The molecular formula is C12H18N2O3S. The van der Waals surface area contributed by atoms with Crippen LogP contribution in [-0.4, -0.2) is 27.7 Å². The van der Waals surface area contributed by atoms with Crippen LogP contribution in [0, 0.1) is 6.92 Å². The van der Waals surface area contributed by atoms with Gasteiger partial charge in [0.15, 0.2) is 0 Å². The fraction of sp³-hybridized carbons (Fsp3) is 0.500. The Morgan fingerprint density at radius 1 is 1.44 bits per heavy atom. The molecule has 100 valence electrons. The topological polar surface area (TPSA) is 81.4 Å². The van der Waals surface area contributed by atoms with Gasteiger partial charge in [-0.15, -0.1) is 0 Å². The van der Waals surface area contributed by atoms with Gasteiger partial charge in [-0.25, -0.2) is 13.1 Å². The van der Waals surface area contributed by atoms with E-state index in [2.05, 4.69) is 4.72 Å². The van der Waals surface area contributed by atoms with Crippen molar-refractivity contribution in [1.82, 2.24) is 4.72 Å². The smallest absolute Gasteiger partial charge is 0.241 e. The summed E-state index contributed by atoms with van der Waals surface area (Å²) >= 11 is 0. The lowest BCUT2D eigenvalue weighted by molar-refractivity contribution is 0.0774. The molecule has 1 aromatic carbocycles. The van der Waals surface area contributed by atoms with Gasteiger partial charge in [-0.1, -0.05) is 6.07 Å². The molecule has 5 nitrogen and oxygen atoms in total. The molecule has 18 heavy (non-hydrogen) atoms. The van der Waals surface area contributed by atoms with Gasteiger partial charge in [-0.05, 0) is 37.5 Å². The number of benzene rings is 1. The first-order chi connectivity index (χ1) is 8.50. The fourth-order valence-corrected chi connectivity index (χ4v) is 3.57. The van der Waals surface area contributed by atoms with Gasteiger partial charge in [-0.2, -0.15) is 0 Å². The largest absolute Gasteiger partial charge is 0.398 e. The molecule has 0 amide bonds. The number of rotatable bonds is 3. The van der Waals surface area contributed by atoms with E-state index < -0.39 is 10.0 Å². The molecule has 1 saturated heterocycles. The normalized spacial score (nSPS) is 20.8. The van der Waals surface area contributed by atoms with Crippen molar-refractivity contribution in [3.05, 3.63) is 23.8 Å². The molecule has 1 fully saturated rings. The second kappa shape index (κ2) is 5.26. The Labute approximate surface area is 107 Å². The van der Waals surface area contributed by atoms with Crippen molar-refractivity contribution in [2.75, 3.05) is 18.9 Å². The van der Waals surface area contributed by atoms with Crippen LogP contribution in [0.3, 0.4) is 0 Å². The third-order valence-electron chi connectivity index (χ3n) is 3.10. The molecule has 0 aliphatic carbocycles. The number of ether oxygens (including phenoxy) is 1. The summed E-state index contributed by atoms with van der Waals surface area (Å²) in [5.74, 6) is 0. The molecule has 1 atom stereocenters. The van der Waals surface area contributed by atoms with Crippen LogP contribution < -0.4 is 10.5 Å². The summed E-state index contributed by atoms with van der Waals surface area (Å²) in [7, 11) is -3.52. The van der Waals surface area contributed by atoms with Gasteiger partial charge in [0.05, 0.1) is 11.5 Å². The zero-order valence-corrected chi connectivity index (χ0v) is 11.2. The van der Waals surface area contributed by atoms with E-state index in [9.17, 15) is 8.42 Å². The highest BCUT2D eigenvalue weighted by Gasteiger charge is 2.23. The minimum atomic E-state index is -3.52. The summed E-state index contributed by atoms with van der Waals surface area (Å²) in [6.07, 6.45) is 1.68. The number of anilines is 1. The average Bonchev–Trinajstić information content (AvgIpc) is 2.33. The highest BCUT2D eigenvalue weighted by molar-refractivity contribution is 7.89.